The van der Waals surface area contributed by atoms with E-state index in [1.54, 1.807) is 19.1 Å². The van der Waals surface area contributed by atoms with Crippen molar-refractivity contribution < 1.29 is 14.5 Å². The molecule has 0 unspecified atom stereocenters. The number of benzene rings is 2. The molecule has 0 bridgehead atoms. The predicted molar refractivity (Wildman–Crippen MR) is 121 cm³/mol. The molecule has 8 nitrogen and oxygen atoms in total. The second-order valence-electron chi connectivity index (χ2n) is 7.24. The summed E-state index contributed by atoms with van der Waals surface area (Å²) < 4.78 is 5.08. The van der Waals surface area contributed by atoms with Crippen LogP contribution < -0.4 is 4.90 Å². The molecule has 0 aliphatic carbocycles. The van der Waals surface area contributed by atoms with E-state index in [0.717, 1.165) is 37.9 Å². The monoisotopic (exact) mass is 424 g/mol. The molecule has 0 saturated carbocycles. The number of nitro benzene ring substituents is 1. The van der Waals surface area contributed by atoms with Crippen LogP contribution >= 0.6 is 0 Å². The minimum atomic E-state index is -0.447. The third kappa shape index (κ3) is 8.38. The number of unbranched alkanes of at least 4 members (excludes halogenated alkanes) is 3. The molecule has 0 spiro atoms. The van der Waals surface area contributed by atoms with Gasteiger partial charge in [0.05, 0.1) is 22.9 Å². The zero-order valence-corrected chi connectivity index (χ0v) is 18.0. The van der Waals surface area contributed by atoms with E-state index >= 15 is 0 Å². The average Bonchev–Trinajstić information content (AvgIpc) is 2.77. The fourth-order valence-corrected chi connectivity index (χ4v) is 2.75. The summed E-state index contributed by atoms with van der Waals surface area (Å²) in [5, 5.41) is 19.0. The predicted octanol–water partition coefficient (Wildman–Crippen LogP) is 6.13. The third-order valence-electron chi connectivity index (χ3n) is 4.60. The number of rotatable bonds is 12. The Morgan fingerprint density at radius 3 is 2.10 bits per heavy atom. The summed E-state index contributed by atoms with van der Waals surface area (Å²) in [4.78, 5) is 23.7. The highest BCUT2D eigenvalue weighted by atomic mass is 16.6. The Kier molecular flexibility index (Phi) is 9.35. The molecular formula is C23H28N4O4. The van der Waals surface area contributed by atoms with Gasteiger partial charge in [0.2, 0.25) is 0 Å². The molecule has 2 aromatic carbocycles. The lowest BCUT2D eigenvalue weighted by Crippen LogP contribution is -2.18. The maximum Gasteiger partial charge on any atom is 0.333 e. The van der Waals surface area contributed by atoms with Crippen molar-refractivity contribution in [1.82, 2.24) is 0 Å². The zero-order valence-electron chi connectivity index (χ0n) is 18.0. The molecule has 0 heterocycles. The number of carbonyl (C=O) groups is 1. The van der Waals surface area contributed by atoms with Crippen LogP contribution in [0.4, 0.5) is 22.7 Å². The van der Waals surface area contributed by atoms with E-state index in [-0.39, 0.29) is 11.7 Å². The molecule has 0 aromatic heterocycles. The molecule has 0 aliphatic rings. The number of non-ortho nitro benzene ring substituents is 1. The van der Waals surface area contributed by atoms with E-state index in [1.165, 1.54) is 12.1 Å². The van der Waals surface area contributed by atoms with E-state index in [1.807, 2.05) is 31.3 Å². The number of hydrogen-bond acceptors (Lipinski definition) is 7. The second kappa shape index (κ2) is 12.2. The average molecular weight is 425 g/mol. The largest absolute Gasteiger partial charge is 0.462 e. The van der Waals surface area contributed by atoms with Crippen LogP contribution in [0.5, 0.6) is 0 Å². The summed E-state index contributed by atoms with van der Waals surface area (Å²) in [6.07, 6.45) is 3.99. The van der Waals surface area contributed by atoms with E-state index in [4.69, 9.17) is 4.74 Å². The van der Waals surface area contributed by atoms with Gasteiger partial charge in [-0.15, -0.1) is 0 Å². The van der Waals surface area contributed by atoms with Gasteiger partial charge < -0.3 is 9.64 Å². The summed E-state index contributed by atoms with van der Waals surface area (Å²) >= 11 is 0. The van der Waals surface area contributed by atoms with Gasteiger partial charge in [-0.1, -0.05) is 13.0 Å². The maximum absolute atomic E-state index is 11.3. The van der Waals surface area contributed by atoms with Crippen molar-refractivity contribution in [1.29, 1.82) is 0 Å². The first-order valence-corrected chi connectivity index (χ1v) is 10.2. The fraction of sp³-hybridized carbons (Fsp3) is 0.348. The fourth-order valence-electron chi connectivity index (χ4n) is 2.75. The van der Waals surface area contributed by atoms with E-state index in [2.05, 4.69) is 21.7 Å². The molecule has 2 rings (SSSR count). The van der Waals surface area contributed by atoms with Crippen molar-refractivity contribution in [2.24, 2.45) is 10.2 Å². The van der Waals surface area contributed by atoms with E-state index < -0.39 is 4.92 Å². The molecule has 0 aliphatic heterocycles. The Hall–Kier alpha value is -3.55. The van der Waals surface area contributed by atoms with Crippen molar-refractivity contribution in [2.75, 3.05) is 25.1 Å². The highest BCUT2D eigenvalue weighted by molar-refractivity contribution is 5.86. The van der Waals surface area contributed by atoms with Gasteiger partial charge in [0.1, 0.15) is 0 Å². The summed E-state index contributed by atoms with van der Waals surface area (Å²) in [6.45, 7) is 6.57. The second-order valence-corrected chi connectivity index (χ2v) is 7.24. The highest BCUT2D eigenvalue weighted by Crippen LogP contribution is 2.23. The number of carbonyl (C=O) groups excluding carboxylic acids is 1. The molecule has 0 fully saturated rings. The molecular weight excluding hydrogens is 396 g/mol. The lowest BCUT2D eigenvalue weighted by atomic mass is 10.2. The van der Waals surface area contributed by atoms with Gasteiger partial charge in [0.15, 0.2) is 0 Å². The lowest BCUT2D eigenvalue weighted by Gasteiger charge is -2.19. The number of anilines is 1. The van der Waals surface area contributed by atoms with E-state index in [0.29, 0.717) is 23.6 Å². The zero-order chi connectivity index (χ0) is 22.6. The number of nitrogens with zero attached hydrogens (tertiary/aromatic N) is 4. The number of esters is 1. The van der Waals surface area contributed by atoms with Crippen LogP contribution in [0.2, 0.25) is 0 Å². The Morgan fingerprint density at radius 1 is 1.00 bits per heavy atom. The smallest absolute Gasteiger partial charge is 0.333 e. The van der Waals surface area contributed by atoms with Crippen LogP contribution in [-0.2, 0) is 9.53 Å². The van der Waals surface area contributed by atoms with Crippen LogP contribution in [0, 0.1) is 10.1 Å². The highest BCUT2D eigenvalue weighted by Gasteiger charge is 2.04. The Labute approximate surface area is 182 Å². The van der Waals surface area contributed by atoms with Gasteiger partial charge >= 0.3 is 5.97 Å². The summed E-state index contributed by atoms with van der Waals surface area (Å²) in [5.74, 6) is -0.324. The quantitative estimate of drug-likeness (QED) is 0.102. The van der Waals surface area contributed by atoms with Crippen LogP contribution in [-0.4, -0.2) is 31.1 Å². The number of nitro groups is 1. The number of ether oxygens (including phenoxy) is 1. The first-order chi connectivity index (χ1) is 14.9. The van der Waals surface area contributed by atoms with Crippen LogP contribution in [0.1, 0.15) is 32.6 Å². The molecule has 0 saturated heterocycles. The SMILES string of the molecule is C=C(C)C(=O)OCCCCCCN(C)c1ccc(N=Nc2ccc([N+](=O)[O-])cc2)cc1. The summed E-state index contributed by atoms with van der Waals surface area (Å²) in [6, 6.07) is 13.7. The van der Waals surface area contributed by atoms with Crippen molar-refractivity contribution in [3.05, 3.63) is 70.8 Å². The van der Waals surface area contributed by atoms with Crippen LogP contribution in [0.3, 0.4) is 0 Å². The number of azo groups is 1. The van der Waals surface area contributed by atoms with E-state index in [9.17, 15) is 14.9 Å². The van der Waals surface area contributed by atoms with Crippen LogP contribution in [0.15, 0.2) is 70.9 Å². The van der Waals surface area contributed by atoms with Crippen molar-refractivity contribution in [2.45, 2.75) is 32.6 Å². The molecule has 2 aromatic rings. The maximum atomic E-state index is 11.3. The molecule has 0 N–H and O–H groups in total. The minimum absolute atomic E-state index is 0.0255. The minimum Gasteiger partial charge on any atom is -0.462 e. The molecule has 0 atom stereocenters. The standard InChI is InChI=1S/C23H28N4O4/c1-18(2)23(28)31-17-7-5-4-6-16-26(3)21-12-8-19(9-13-21)24-25-20-10-14-22(15-11-20)27(29)30/h8-15H,1,4-7,16-17H2,2-3H3. The molecule has 31 heavy (non-hydrogen) atoms. The Bertz CT molecular complexity index is 908. The van der Waals surface area contributed by atoms with Gasteiger partial charge in [-0.05, 0) is 62.6 Å². The van der Waals surface area contributed by atoms with Gasteiger partial charge in [0, 0.05) is 37.0 Å². The van der Waals surface area contributed by atoms with Crippen molar-refractivity contribution in [3.63, 3.8) is 0 Å². The molecule has 8 heteroatoms. The molecule has 164 valence electrons. The summed E-state index contributed by atoms with van der Waals surface area (Å²) in [7, 11) is 2.04. The van der Waals surface area contributed by atoms with Crippen LogP contribution in [0.25, 0.3) is 0 Å². The van der Waals surface area contributed by atoms with Gasteiger partial charge in [0.25, 0.3) is 5.69 Å². The summed E-state index contributed by atoms with van der Waals surface area (Å²) in [5.41, 5.74) is 2.81. The van der Waals surface area contributed by atoms with Crippen molar-refractivity contribution >= 4 is 28.7 Å². The Balaban J connectivity index is 1.71. The Morgan fingerprint density at radius 2 is 1.55 bits per heavy atom. The first-order valence-electron chi connectivity index (χ1n) is 10.2. The van der Waals surface area contributed by atoms with Crippen molar-refractivity contribution in [3.8, 4) is 0 Å². The molecule has 0 radical (unpaired) electrons. The van der Waals surface area contributed by atoms with Gasteiger partial charge in [-0.2, -0.15) is 10.2 Å². The third-order valence-corrected chi connectivity index (χ3v) is 4.60. The molecule has 0 amide bonds. The lowest BCUT2D eigenvalue weighted by molar-refractivity contribution is -0.384. The van der Waals surface area contributed by atoms with Gasteiger partial charge in [-0.3, -0.25) is 10.1 Å². The number of hydrogen-bond donors (Lipinski definition) is 0. The van der Waals surface area contributed by atoms with Gasteiger partial charge in [-0.25, -0.2) is 4.79 Å². The normalized spacial score (nSPS) is 10.8. The first kappa shape index (κ1) is 23.7. The topological polar surface area (TPSA) is 97.4 Å².